The van der Waals surface area contributed by atoms with E-state index in [-0.39, 0.29) is 17.8 Å². The predicted octanol–water partition coefficient (Wildman–Crippen LogP) is 8.21. The van der Waals surface area contributed by atoms with E-state index in [0.717, 1.165) is 197 Å². The van der Waals surface area contributed by atoms with Gasteiger partial charge in [-0.15, -0.1) is 10.2 Å². The Kier molecular flexibility index (Phi) is 21.5. The minimum Gasteiger partial charge on any atom is -0.421 e. The van der Waals surface area contributed by atoms with Gasteiger partial charge < -0.3 is 38.3 Å². The van der Waals surface area contributed by atoms with Crippen molar-refractivity contribution in [3.05, 3.63) is 90.1 Å². The van der Waals surface area contributed by atoms with Crippen LogP contribution in [-0.2, 0) is 20.8 Å². The quantitative estimate of drug-likeness (QED) is 0.116. The number of anilines is 3. The number of benzene rings is 3. The first kappa shape index (κ1) is 61.7. The number of nitrogens with zero attached hydrogens (tertiary/aromatic N) is 14. The van der Waals surface area contributed by atoms with Gasteiger partial charge in [0.1, 0.15) is 0 Å². The van der Waals surface area contributed by atoms with Crippen LogP contribution in [0, 0.1) is 36.0 Å². The van der Waals surface area contributed by atoms with Crippen molar-refractivity contribution in [3.8, 4) is 29.0 Å². The van der Waals surface area contributed by atoms with Gasteiger partial charge in [0.05, 0.1) is 29.4 Å². The van der Waals surface area contributed by atoms with Crippen molar-refractivity contribution in [2.24, 2.45) is 17.8 Å². The molecule has 0 radical (unpaired) electrons. The third kappa shape index (κ3) is 15.9. The third-order valence-corrected chi connectivity index (χ3v) is 18.0. The number of rotatable bonds is 12. The van der Waals surface area contributed by atoms with Gasteiger partial charge in [-0.2, -0.15) is 10.2 Å². The number of aromatic nitrogens is 4. The van der Waals surface area contributed by atoms with Gasteiger partial charge in [-0.1, -0.05) is 12.1 Å². The first-order valence-corrected chi connectivity index (χ1v) is 31.3. The second-order valence-electron chi connectivity index (χ2n) is 24.5. The molecule has 11 rings (SSSR count). The normalized spacial score (nSPS) is 21.2. The molecule has 2 aromatic heterocycles. The maximum Gasteiger partial charge on any atom is 0.257 e. The van der Waals surface area contributed by atoms with Gasteiger partial charge in [0.25, 0.3) is 5.89 Å². The summed E-state index contributed by atoms with van der Waals surface area (Å²) in [5, 5.41) is 20.8. The third-order valence-electron chi connectivity index (χ3n) is 18.0. The molecule has 452 valence electrons. The second kappa shape index (κ2) is 29.3. The zero-order valence-electron chi connectivity index (χ0n) is 51.4. The number of hydrogen-bond donors (Lipinski definition) is 0. The Labute approximate surface area is 498 Å². The molecule has 0 spiro atoms. The van der Waals surface area contributed by atoms with Crippen molar-refractivity contribution >= 4 is 34.8 Å². The van der Waals surface area contributed by atoms with E-state index in [4.69, 9.17) is 14.2 Å². The Hall–Kier alpha value is -6.88. The molecule has 84 heavy (non-hydrogen) atoms. The number of hydrogen-bond acceptors (Lipinski definition) is 16. The van der Waals surface area contributed by atoms with Crippen LogP contribution in [0.25, 0.3) is 22.9 Å². The van der Waals surface area contributed by atoms with Crippen molar-refractivity contribution in [3.63, 3.8) is 0 Å². The first-order chi connectivity index (χ1) is 40.6. The minimum absolute atomic E-state index is 0.0957. The average Bonchev–Trinajstić information content (AvgIpc) is 4.51. The van der Waals surface area contributed by atoms with E-state index in [1.165, 1.54) is 0 Å². The van der Waals surface area contributed by atoms with Crippen LogP contribution in [0.1, 0.15) is 104 Å². The Morgan fingerprint density at radius 3 is 1.23 bits per heavy atom. The van der Waals surface area contributed by atoms with E-state index in [1.54, 1.807) is 6.92 Å². The molecule has 0 aliphatic carbocycles. The number of carbonyl (C=O) groups excluding carboxylic acids is 3. The Bertz CT molecular complexity index is 2940. The van der Waals surface area contributed by atoms with Crippen LogP contribution in [0.5, 0.6) is 0 Å². The monoisotopic (exact) mass is 1150 g/mol. The first-order valence-electron chi connectivity index (χ1n) is 31.3. The second-order valence-corrected chi connectivity index (χ2v) is 24.5. The van der Waals surface area contributed by atoms with Gasteiger partial charge in [-0.3, -0.25) is 29.1 Å². The summed E-state index contributed by atoms with van der Waals surface area (Å²) >= 11 is 0. The predicted molar refractivity (Wildman–Crippen MR) is 329 cm³/mol. The van der Waals surface area contributed by atoms with E-state index in [9.17, 15) is 14.4 Å². The SMILES string of the molecule is CC(C)N1CCCN(C(=O)[C@H]2CCN(c3ccc(C#N)cc3)C2)CC1.CCc1noc(-c2ccc(N3CC[C@H](C(=O)N4CCCN(C(C)C)CC4)C3)cc2)n1.Cc1nnc(-c2ccc(N3CC[C@H](C(=O)N4CCCN(C(C)C)CC4)C3)cc2)o1. The van der Waals surface area contributed by atoms with Gasteiger partial charge in [0.2, 0.25) is 29.5 Å². The molecule has 8 heterocycles. The maximum atomic E-state index is 13.1. The summed E-state index contributed by atoms with van der Waals surface area (Å²) in [4.78, 5) is 64.1. The molecule has 0 saturated carbocycles. The van der Waals surface area contributed by atoms with E-state index >= 15 is 0 Å². The lowest BCUT2D eigenvalue weighted by Crippen LogP contribution is -2.40. The van der Waals surface area contributed by atoms with Crippen LogP contribution in [0.4, 0.5) is 17.1 Å². The van der Waals surface area contributed by atoms with Crippen molar-refractivity contribution in [1.82, 2.24) is 49.7 Å². The van der Waals surface area contributed by atoms with Gasteiger partial charge in [0, 0.05) is 177 Å². The minimum atomic E-state index is 0.0957. The van der Waals surface area contributed by atoms with Crippen LogP contribution in [0.2, 0.25) is 0 Å². The zero-order valence-corrected chi connectivity index (χ0v) is 51.4. The summed E-state index contributed by atoms with van der Waals surface area (Å²) in [5.74, 6) is 3.66. The molecule has 19 nitrogen and oxygen atoms in total. The number of amides is 3. The van der Waals surface area contributed by atoms with E-state index in [0.29, 0.717) is 59.1 Å². The van der Waals surface area contributed by atoms with Crippen LogP contribution >= 0.6 is 0 Å². The highest BCUT2D eigenvalue weighted by molar-refractivity contribution is 5.82. The Balaban J connectivity index is 0.000000152. The number of carbonyl (C=O) groups is 3. The van der Waals surface area contributed by atoms with Crippen molar-refractivity contribution in [2.75, 3.05) is 133 Å². The highest BCUT2D eigenvalue weighted by atomic mass is 16.5. The summed E-state index contributed by atoms with van der Waals surface area (Å²) in [5.41, 5.74) is 5.91. The standard InChI is InChI=1S/C23H33N5O2.C22H31N5O2.C20H28N4O/c1-4-21-24-22(30-25-21)18-6-8-20(9-7-18)28-13-10-19(16-28)23(29)27-12-5-11-26(14-15-27)17(2)3;1-16(2)25-10-4-11-26(14-13-25)22(28)19-9-12-27(15-19)20-7-5-18(6-8-20)21-24-23-17(3)29-21;1-16(2)22-9-3-10-23(13-12-22)20(25)18-8-11-24(15-18)19-6-4-17(14-21)5-7-19/h6-9,17,19H,4-5,10-16H2,1-3H3;5-8,16,19H,4,9-15H2,1-3H3;4-7,16,18H,3,8-13,15H2,1-2H3/t2*19-;18-/m000/s1. The molecule has 5 aromatic rings. The molecule has 6 aliphatic heterocycles. The average molecular weight is 1150 g/mol. The molecule has 3 aromatic carbocycles. The Morgan fingerprint density at radius 1 is 0.512 bits per heavy atom. The van der Waals surface area contributed by atoms with Crippen LogP contribution in [-0.4, -0.2) is 203 Å². The molecule has 6 fully saturated rings. The number of nitriles is 1. The summed E-state index contributed by atoms with van der Waals surface area (Å²) in [6.45, 7) is 33.7. The summed E-state index contributed by atoms with van der Waals surface area (Å²) in [6, 6.07) is 27.8. The smallest absolute Gasteiger partial charge is 0.257 e. The van der Waals surface area contributed by atoms with Gasteiger partial charge in [0.15, 0.2) is 5.82 Å². The van der Waals surface area contributed by atoms with E-state index < -0.39 is 0 Å². The summed E-state index contributed by atoms with van der Waals surface area (Å²) < 4.78 is 10.8. The number of aryl methyl sites for hydroxylation is 2. The highest BCUT2D eigenvalue weighted by Gasteiger charge is 2.36. The fourth-order valence-corrected chi connectivity index (χ4v) is 12.7. The Morgan fingerprint density at radius 2 is 0.893 bits per heavy atom. The summed E-state index contributed by atoms with van der Waals surface area (Å²) in [7, 11) is 0. The molecule has 19 heteroatoms. The van der Waals surface area contributed by atoms with Crippen LogP contribution in [0.3, 0.4) is 0 Å². The largest absolute Gasteiger partial charge is 0.421 e. The van der Waals surface area contributed by atoms with Crippen LogP contribution in [0.15, 0.2) is 81.7 Å². The van der Waals surface area contributed by atoms with Gasteiger partial charge in [-0.25, -0.2) is 0 Å². The van der Waals surface area contributed by atoms with Crippen molar-refractivity contribution < 1.29 is 23.3 Å². The molecular formula is C65H92N14O5. The fraction of sp³-hybridized carbons (Fsp3) is 0.600. The summed E-state index contributed by atoms with van der Waals surface area (Å²) in [6.07, 6.45) is 6.73. The lowest BCUT2D eigenvalue weighted by molar-refractivity contribution is -0.135. The molecule has 6 aliphatic rings. The molecule has 3 atom stereocenters. The molecule has 0 unspecified atom stereocenters. The maximum absolute atomic E-state index is 13.1. The zero-order chi connectivity index (χ0) is 59.3. The van der Waals surface area contributed by atoms with Crippen LogP contribution < -0.4 is 14.7 Å². The molecular weight excluding hydrogens is 1060 g/mol. The molecule has 3 amide bonds. The highest BCUT2D eigenvalue weighted by Crippen LogP contribution is 2.31. The van der Waals surface area contributed by atoms with E-state index in [2.05, 4.69) is 136 Å². The molecule has 6 saturated heterocycles. The van der Waals surface area contributed by atoms with Gasteiger partial charge in [-0.05, 0) is 153 Å². The van der Waals surface area contributed by atoms with Gasteiger partial charge >= 0.3 is 0 Å². The molecule has 0 N–H and O–H groups in total. The molecule has 0 bridgehead atoms. The van der Waals surface area contributed by atoms with Crippen molar-refractivity contribution in [1.29, 1.82) is 5.26 Å². The van der Waals surface area contributed by atoms with E-state index in [1.807, 2.05) is 55.5 Å². The lowest BCUT2D eigenvalue weighted by Gasteiger charge is -2.26. The topological polar surface area (TPSA) is 182 Å². The lowest BCUT2D eigenvalue weighted by atomic mass is 10.1. The fourth-order valence-electron chi connectivity index (χ4n) is 12.7. The van der Waals surface area contributed by atoms with Crippen molar-refractivity contribution in [2.45, 2.75) is 118 Å².